The van der Waals surface area contributed by atoms with Gasteiger partial charge in [-0.1, -0.05) is 17.3 Å². The minimum Gasteiger partial charge on any atom is -0.466 e. The third-order valence-corrected chi connectivity index (χ3v) is 8.72. The number of esters is 1. The molecule has 5 rings (SSSR count). The van der Waals surface area contributed by atoms with Crippen molar-refractivity contribution < 1.29 is 33.4 Å². The van der Waals surface area contributed by atoms with Crippen LogP contribution in [0.1, 0.15) is 43.5 Å². The standard InChI is InChI=1S/C25H30FN5O6S/c1-2-37-23(34)11-18(32)12-29-13-19(27-28-29)20-14-36-10-9-30(20)24(35)21-15-38-25(8-7-22(33)31(21)25)16-3-5-17(26)6-4-16/h3-6,13,18,20-21,32H,2,7-12,14-15H2,1H3/t18-,20?,21?,25?/m1/s1. The maximum Gasteiger partial charge on any atom is 0.308 e. The van der Waals surface area contributed by atoms with E-state index in [1.165, 1.54) is 16.8 Å². The summed E-state index contributed by atoms with van der Waals surface area (Å²) in [5, 5.41) is 18.5. The van der Waals surface area contributed by atoms with Crippen LogP contribution in [0, 0.1) is 5.82 Å². The van der Waals surface area contributed by atoms with Crippen molar-refractivity contribution in [2.75, 3.05) is 32.1 Å². The minimum atomic E-state index is -1.000. The third kappa shape index (κ3) is 5.02. The van der Waals surface area contributed by atoms with E-state index in [2.05, 4.69) is 10.3 Å². The van der Waals surface area contributed by atoms with Crippen molar-refractivity contribution in [2.45, 2.75) is 55.8 Å². The van der Waals surface area contributed by atoms with Gasteiger partial charge in [-0.15, -0.1) is 16.9 Å². The molecule has 0 radical (unpaired) electrons. The monoisotopic (exact) mass is 547 g/mol. The van der Waals surface area contributed by atoms with E-state index in [0.717, 1.165) is 5.56 Å². The molecule has 0 aliphatic carbocycles. The van der Waals surface area contributed by atoms with Crippen molar-refractivity contribution in [2.24, 2.45) is 0 Å². The zero-order valence-corrected chi connectivity index (χ0v) is 21.8. The smallest absolute Gasteiger partial charge is 0.308 e. The Balaban J connectivity index is 1.32. The molecule has 0 saturated carbocycles. The first-order chi connectivity index (χ1) is 18.3. The number of carbonyl (C=O) groups excluding carboxylic acids is 3. The molecule has 11 nitrogen and oxygen atoms in total. The first-order valence-electron chi connectivity index (χ1n) is 12.7. The van der Waals surface area contributed by atoms with Gasteiger partial charge in [0.1, 0.15) is 28.5 Å². The van der Waals surface area contributed by atoms with Crippen LogP contribution >= 0.6 is 11.8 Å². The second kappa shape index (κ2) is 11.0. The van der Waals surface area contributed by atoms with Crippen LogP contribution in [0.25, 0.3) is 0 Å². The van der Waals surface area contributed by atoms with Crippen LogP contribution in [-0.4, -0.2) is 91.9 Å². The molecule has 3 unspecified atom stereocenters. The molecular formula is C25H30FN5O6S. The predicted molar refractivity (Wildman–Crippen MR) is 133 cm³/mol. The van der Waals surface area contributed by atoms with E-state index in [1.54, 1.807) is 46.8 Å². The van der Waals surface area contributed by atoms with E-state index >= 15 is 0 Å². The highest BCUT2D eigenvalue weighted by atomic mass is 32.2. The number of amides is 2. The van der Waals surface area contributed by atoms with Gasteiger partial charge in [-0.3, -0.25) is 14.4 Å². The fourth-order valence-electron chi connectivity index (χ4n) is 5.39. The van der Waals surface area contributed by atoms with E-state index in [-0.39, 0.29) is 43.8 Å². The molecule has 13 heteroatoms. The van der Waals surface area contributed by atoms with Crippen LogP contribution in [0.4, 0.5) is 4.39 Å². The number of carbonyl (C=O) groups is 3. The second-order valence-electron chi connectivity index (χ2n) is 9.53. The summed E-state index contributed by atoms with van der Waals surface area (Å²) >= 11 is 1.55. The van der Waals surface area contributed by atoms with Crippen molar-refractivity contribution in [1.29, 1.82) is 0 Å². The SMILES string of the molecule is CCOC(=O)C[C@@H](O)Cn1cc(C2COCCN2C(=O)C2CSC3(c4ccc(F)cc4)CCC(=O)N23)nn1. The number of hydrogen-bond donors (Lipinski definition) is 1. The number of aliphatic hydroxyl groups is 1. The maximum absolute atomic E-state index is 13.9. The first-order valence-corrected chi connectivity index (χ1v) is 13.6. The van der Waals surface area contributed by atoms with Crippen molar-refractivity contribution >= 4 is 29.5 Å². The molecule has 3 aliphatic rings. The fraction of sp³-hybridized carbons (Fsp3) is 0.560. The van der Waals surface area contributed by atoms with Crippen LogP contribution in [-0.2, 0) is 35.3 Å². The van der Waals surface area contributed by atoms with Crippen LogP contribution in [0.15, 0.2) is 30.5 Å². The first kappa shape index (κ1) is 26.6. The Morgan fingerprint density at radius 2 is 2.13 bits per heavy atom. The molecule has 3 aliphatic heterocycles. The van der Waals surface area contributed by atoms with E-state index in [0.29, 0.717) is 37.4 Å². The Morgan fingerprint density at radius 1 is 1.34 bits per heavy atom. The van der Waals surface area contributed by atoms with Gasteiger partial charge in [-0.2, -0.15) is 0 Å². The van der Waals surface area contributed by atoms with Crippen LogP contribution < -0.4 is 0 Å². The zero-order valence-electron chi connectivity index (χ0n) is 21.0. The fourth-order valence-corrected chi connectivity index (χ4v) is 7.03. The Kier molecular flexibility index (Phi) is 7.68. The molecule has 0 bridgehead atoms. The second-order valence-corrected chi connectivity index (χ2v) is 10.8. The number of benzene rings is 1. The van der Waals surface area contributed by atoms with Crippen molar-refractivity contribution in [3.63, 3.8) is 0 Å². The van der Waals surface area contributed by atoms with Crippen LogP contribution in [0.5, 0.6) is 0 Å². The Morgan fingerprint density at radius 3 is 2.89 bits per heavy atom. The van der Waals surface area contributed by atoms with Gasteiger partial charge in [0.25, 0.3) is 0 Å². The largest absolute Gasteiger partial charge is 0.466 e. The Labute approximate surface area is 223 Å². The van der Waals surface area contributed by atoms with E-state index in [9.17, 15) is 23.9 Å². The van der Waals surface area contributed by atoms with Crippen LogP contribution in [0.2, 0.25) is 0 Å². The van der Waals surface area contributed by atoms with E-state index in [1.807, 2.05) is 0 Å². The molecule has 38 heavy (non-hydrogen) atoms. The molecule has 1 N–H and O–H groups in total. The number of aromatic nitrogens is 3. The summed E-state index contributed by atoms with van der Waals surface area (Å²) in [6, 6.07) is 4.95. The topological polar surface area (TPSA) is 127 Å². The molecule has 204 valence electrons. The number of hydrogen-bond acceptors (Lipinski definition) is 9. The van der Waals surface area contributed by atoms with Gasteiger partial charge in [-0.05, 0) is 31.0 Å². The molecule has 4 heterocycles. The Hall–Kier alpha value is -3.03. The van der Waals surface area contributed by atoms with Crippen molar-refractivity contribution in [1.82, 2.24) is 24.8 Å². The van der Waals surface area contributed by atoms with Crippen molar-refractivity contribution in [3.05, 3.63) is 47.5 Å². The molecule has 2 aromatic rings. The normalized spacial score (nSPS) is 25.9. The number of rotatable bonds is 8. The lowest BCUT2D eigenvalue weighted by Crippen LogP contribution is -2.54. The number of morpholine rings is 1. The lowest BCUT2D eigenvalue weighted by atomic mass is 10.0. The van der Waals surface area contributed by atoms with Crippen molar-refractivity contribution in [3.8, 4) is 0 Å². The van der Waals surface area contributed by atoms with E-state index in [4.69, 9.17) is 9.47 Å². The summed E-state index contributed by atoms with van der Waals surface area (Å²) in [6.45, 7) is 2.86. The zero-order chi connectivity index (χ0) is 26.9. The van der Waals surface area contributed by atoms with Gasteiger partial charge in [0, 0.05) is 18.7 Å². The number of fused-ring (bicyclic) bond motifs is 1. The molecule has 1 aromatic carbocycles. The number of halogens is 1. The predicted octanol–water partition coefficient (Wildman–Crippen LogP) is 1.22. The molecule has 2 amide bonds. The van der Waals surface area contributed by atoms with Gasteiger partial charge in [-0.25, -0.2) is 9.07 Å². The summed E-state index contributed by atoms with van der Waals surface area (Å²) in [5.74, 6) is -0.709. The molecular weight excluding hydrogens is 517 g/mol. The van der Waals surface area contributed by atoms with Gasteiger partial charge < -0.3 is 24.4 Å². The third-order valence-electron chi connectivity index (χ3n) is 7.12. The van der Waals surface area contributed by atoms with Gasteiger partial charge in [0.2, 0.25) is 11.8 Å². The number of nitrogens with zero attached hydrogens (tertiary/aromatic N) is 5. The number of aliphatic hydroxyl groups excluding tert-OH is 1. The van der Waals surface area contributed by atoms with E-state index < -0.39 is 29.0 Å². The lowest BCUT2D eigenvalue weighted by molar-refractivity contribution is -0.150. The lowest BCUT2D eigenvalue weighted by Gasteiger charge is -2.39. The average molecular weight is 548 g/mol. The van der Waals surface area contributed by atoms with Gasteiger partial charge in [0.05, 0.1) is 45.1 Å². The molecule has 0 spiro atoms. The van der Waals surface area contributed by atoms with Gasteiger partial charge >= 0.3 is 5.97 Å². The molecule has 4 atom stereocenters. The summed E-state index contributed by atoms with van der Waals surface area (Å²) in [4.78, 5) is 41.3. The summed E-state index contributed by atoms with van der Waals surface area (Å²) < 4.78 is 25.5. The minimum absolute atomic E-state index is 0.0368. The maximum atomic E-state index is 13.9. The molecule has 3 saturated heterocycles. The summed E-state index contributed by atoms with van der Waals surface area (Å²) in [7, 11) is 0. The van der Waals surface area contributed by atoms with Gasteiger partial charge in [0.15, 0.2) is 0 Å². The van der Waals surface area contributed by atoms with Crippen LogP contribution in [0.3, 0.4) is 0 Å². The summed E-state index contributed by atoms with van der Waals surface area (Å²) in [6.07, 6.45) is 1.34. The number of thioether (sulfide) groups is 1. The Bertz CT molecular complexity index is 1200. The highest BCUT2D eigenvalue weighted by molar-refractivity contribution is 8.00. The number of ether oxygens (including phenoxy) is 2. The molecule has 1 aromatic heterocycles. The highest BCUT2D eigenvalue weighted by Crippen LogP contribution is 2.55. The molecule has 3 fully saturated rings. The highest BCUT2D eigenvalue weighted by Gasteiger charge is 2.57. The quantitative estimate of drug-likeness (QED) is 0.486. The average Bonchev–Trinajstić information content (AvgIpc) is 3.60. The summed E-state index contributed by atoms with van der Waals surface area (Å²) in [5.41, 5.74) is 1.30.